The monoisotopic (exact) mass is 235 g/mol. The predicted octanol–water partition coefficient (Wildman–Crippen LogP) is 2.01. The lowest BCUT2D eigenvalue weighted by Crippen LogP contribution is -2.28. The topological polar surface area (TPSA) is 39.1 Å². The zero-order chi connectivity index (χ0) is 11.4. The maximum atomic E-state index is 9.12. The van der Waals surface area contributed by atoms with Crippen LogP contribution in [0.5, 0.6) is 0 Å². The van der Waals surface area contributed by atoms with Gasteiger partial charge < -0.3 is 10.2 Å². The summed E-state index contributed by atoms with van der Waals surface area (Å²) < 4.78 is 0. The van der Waals surface area contributed by atoms with E-state index in [2.05, 4.69) is 16.3 Å². The van der Waals surface area contributed by atoms with Crippen LogP contribution in [0.25, 0.3) is 0 Å². The number of rotatable bonds is 1. The van der Waals surface area contributed by atoms with Crippen molar-refractivity contribution >= 4 is 17.3 Å². The first-order chi connectivity index (χ1) is 7.83. The van der Waals surface area contributed by atoms with E-state index in [4.69, 9.17) is 16.9 Å². The second-order valence-corrected chi connectivity index (χ2v) is 4.24. The van der Waals surface area contributed by atoms with Crippen LogP contribution in [0.15, 0.2) is 18.2 Å². The van der Waals surface area contributed by atoms with Crippen molar-refractivity contribution < 1.29 is 0 Å². The molecule has 1 N–H and O–H groups in total. The van der Waals surface area contributed by atoms with Gasteiger partial charge in [-0.05, 0) is 25.1 Å². The van der Waals surface area contributed by atoms with Gasteiger partial charge in [0, 0.05) is 19.6 Å². The fourth-order valence-electron chi connectivity index (χ4n) is 1.97. The molecule has 1 aromatic rings. The van der Waals surface area contributed by atoms with Crippen molar-refractivity contribution in [2.75, 3.05) is 31.1 Å². The van der Waals surface area contributed by atoms with E-state index in [1.165, 1.54) is 0 Å². The van der Waals surface area contributed by atoms with Crippen LogP contribution in [0.4, 0.5) is 5.69 Å². The molecule has 1 aliphatic rings. The molecule has 1 aliphatic heterocycles. The molecule has 1 saturated heterocycles. The molecular formula is C12H14ClN3. The molecule has 1 aromatic carbocycles. The summed E-state index contributed by atoms with van der Waals surface area (Å²) in [6.07, 6.45) is 1.09. The first-order valence-corrected chi connectivity index (χ1v) is 5.85. The van der Waals surface area contributed by atoms with Gasteiger partial charge >= 0.3 is 0 Å². The molecule has 0 unspecified atom stereocenters. The zero-order valence-corrected chi connectivity index (χ0v) is 9.80. The maximum Gasteiger partial charge on any atom is 0.103 e. The lowest BCUT2D eigenvalue weighted by atomic mass is 10.1. The highest BCUT2D eigenvalue weighted by atomic mass is 35.5. The fraction of sp³-hybridized carbons (Fsp3) is 0.417. The van der Waals surface area contributed by atoms with E-state index in [-0.39, 0.29) is 0 Å². The first-order valence-electron chi connectivity index (χ1n) is 5.47. The maximum absolute atomic E-state index is 9.12. The Balaban J connectivity index is 2.31. The van der Waals surface area contributed by atoms with Gasteiger partial charge in [0.2, 0.25) is 0 Å². The molecule has 4 heteroatoms. The molecule has 1 heterocycles. The predicted molar refractivity (Wildman–Crippen MR) is 65.9 cm³/mol. The van der Waals surface area contributed by atoms with E-state index in [0.717, 1.165) is 38.3 Å². The molecule has 3 nitrogen and oxygen atoms in total. The van der Waals surface area contributed by atoms with E-state index >= 15 is 0 Å². The standard InChI is InChI=1S/C12H14ClN3/c13-11-3-1-4-12(10(11)9-14)16-7-2-5-15-6-8-16/h1,3-4,15H,2,5-8H2. The van der Waals surface area contributed by atoms with Crippen LogP contribution >= 0.6 is 11.6 Å². The van der Waals surface area contributed by atoms with Gasteiger partial charge in [-0.3, -0.25) is 0 Å². The zero-order valence-electron chi connectivity index (χ0n) is 9.04. The van der Waals surface area contributed by atoms with Crippen LogP contribution in [-0.4, -0.2) is 26.2 Å². The van der Waals surface area contributed by atoms with Crippen molar-refractivity contribution in [1.82, 2.24) is 5.32 Å². The minimum absolute atomic E-state index is 0.539. The summed E-state index contributed by atoms with van der Waals surface area (Å²) in [6.45, 7) is 3.90. The van der Waals surface area contributed by atoms with Crippen molar-refractivity contribution in [3.63, 3.8) is 0 Å². The smallest absolute Gasteiger partial charge is 0.103 e. The normalized spacial score (nSPS) is 16.6. The Morgan fingerprint density at radius 3 is 3.00 bits per heavy atom. The molecule has 0 aromatic heterocycles. The van der Waals surface area contributed by atoms with Crippen LogP contribution in [0.1, 0.15) is 12.0 Å². The number of nitrogens with one attached hydrogen (secondary N) is 1. The van der Waals surface area contributed by atoms with Gasteiger partial charge in [-0.2, -0.15) is 5.26 Å². The van der Waals surface area contributed by atoms with Gasteiger partial charge in [-0.25, -0.2) is 0 Å². The fourth-order valence-corrected chi connectivity index (χ4v) is 2.19. The number of nitrogens with zero attached hydrogens (tertiary/aromatic N) is 2. The summed E-state index contributed by atoms with van der Waals surface area (Å²) in [7, 11) is 0. The Kier molecular flexibility index (Phi) is 3.66. The Labute approximate surface area is 101 Å². The van der Waals surface area contributed by atoms with Crippen LogP contribution in [-0.2, 0) is 0 Å². The van der Waals surface area contributed by atoms with Gasteiger partial charge in [0.15, 0.2) is 0 Å². The molecule has 0 bridgehead atoms. The molecule has 0 radical (unpaired) electrons. The third-order valence-electron chi connectivity index (χ3n) is 2.78. The van der Waals surface area contributed by atoms with Crippen LogP contribution in [0, 0.1) is 11.3 Å². The van der Waals surface area contributed by atoms with Crippen LogP contribution in [0.2, 0.25) is 5.02 Å². The minimum Gasteiger partial charge on any atom is -0.369 e. The van der Waals surface area contributed by atoms with Gasteiger partial charge in [-0.15, -0.1) is 0 Å². The molecule has 0 spiro atoms. The molecule has 0 atom stereocenters. The number of hydrogen-bond acceptors (Lipinski definition) is 3. The largest absolute Gasteiger partial charge is 0.369 e. The summed E-state index contributed by atoms with van der Waals surface area (Å²) in [4.78, 5) is 2.23. The van der Waals surface area contributed by atoms with E-state index < -0.39 is 0 Å². The summed E-state index contributed by atoms with van der Waals surface area (Å²) in [5.41, 5.74) is 1.55. The highest BCUT2D eigenvalue weighted by molar-refractivity contribution is 6.32. The van der Waals surface area contributed by atoms with Gasteiger partial charge in [0.25, 0.3) is 0 Å². The van der Waals surface area contributed by atoms with Gasteiger partial charge in [0.05, 0.1) is 16.3 Å². The SMILES string of the molecule is N#Cc1c(Cl)cccc1N1CCCNCC1. The summed E-state index contributed by atoms with van der Waals surface area (Å²) in [5, 5.41) is 13.0. The van der Waals surface area contributed by atoms with Crippen molar-refractivity contribution in [2.24, 2.45) is 0 Å². The molecular weight excluding hydrogens is 222 g/mol. The summed E-state index contributed by atoms with van der Waals surface area (Å²) >= 11 is 6.02. The van der Waals surface area contributed by atoms with Crippen molar-refractivity contribution in [3.8, 4) is 6.07 Å². The van der Waals surface area contributed by atoms with Gasteiger partial charge in [0.1, 0.15) is 6.07 Å². The number of hydrogen-bond donors (Lipinski definition) is 1. The highest BCUT2D eigenvalue weighted by Gasteiger charge is 2.14. The van der Waals surface area contributed by atoms with Crippen LogP contribution in [0.3, 0.4) is 0 Å². The van der Waals surface area contributed by atoms with Gasteiger partial charge in [-0.1, -0.05) is 17.7 Å². The Hall–Kier alpha value is -1.24. The lowest BCUT2D eigenvalue weighted by Gasteiger charge is -2.23. The molecule has 1 fully saturated rings. The number of anilines is 1. The minimum atomic E-state index is 0.539. The third-order valence-corrected chi connectivity index (χ3v) is 3.10. The third kappa shape index (κ3) is 2.29. The van der Waals surface area contributed by atoms with Crippen molar-refractivity contribution in [1.29, 1.82) is 5.26 Å². The summed E-state index contributed by atoms with van der Waals surface area (Å²) in [5.74, 6) is 0. The second-order valence-electron chi connectivity index (χ2n) is 3.84. The van der Waals surface area contributed by atoms with Crippen molar-refractivity contribution in [2.45, 2.75) is 6.42 Å². The average Bonchev–Trinajstić information content (AvgIpc) is 2.57. The second kappa shape index (κ2) is 5.20. The molecule has 16 heavy (non-hydrogen) atoms. The quantitative estimate of drug-likeness (QED) is 0.810. The van der Waals surface area contributed by atoms with Crippen molar-refractivity contribution in [3.05, 3.63) is 28.8 Å². The molecule has 2 rings (SSSR count). The van der Waals surface area contributed by atoms with E-state index in [1.807, 2.05) is 12.1 Å². The first kappa shape index (κ1) is 11.3. The Morgan fingerprint density at radius 2 is 2.19 bits per heavy atom. The summed E-state index contributed by atoms with van der Waals surface area (Å²) in [6, 6.07) is 7.82. The highest BCUT2D eigenvalue weighted by Crippen LogP contribution is 2.26. The number of halogens is 1. The number of benzene rings is 1. The Morgan fingerprint density at radius 1 is 1.31 bits per heavy atom. The number of nitriles is 1. The molecule has 0 saturated carbocycles. The van der Waals surface area contributed by atoms with E-state index in [0.29, 0.717) is 10.6 Å². The average molecular weight is 236 g/mol. The van der Waals surface area contributed by atoms with E-state index in [9.17, 15) is 0 Å². The molecule has 84 valence electrons. The molecule has 0 amide bonds. The van der Waals surface area contributed by atoms with E-state index in [1.54, 1.807) is 6.07 Å². The van der Waals surface area contributed by atoms with Crippen LogP contribution < -0.4 is 10.2 Å². The molecule has 0 aliphatic carbocycles. The lowest BCUT2D eigenvalue weighted by molar-refractivity contribution is 0.724. The Bertz CT molecular complexity index is 403.